The Bertz CT molecular complexity index is 449. The molecule has 0 bridgehead atoms. The van der Waals surface area contributed by atoms with Gasteiger partial charge in [-0.3, -0.25) is 0 Å². The molecule has 14 heavy (non-hydrogen) atoms. The molecule has 0 amide bonds. The number of thiophene rings is 1. The number of carbonyl (C=O) groups excluding carboxylic acids is 1. The number of nitrogens with zero attached hydrogens (tertiary/aromatic N) is 1. The van der Waals surface area contributed by atoms with Gasteiger partial charge in [-0.1, -0.05) is 0 Å². The molecule has 0 aliphatic heterocycles. The highest BCUT2D eigenvalue weighted by Gasteiger charge is 2.06. The molecule has 0 aliphatic rings. The van der Waals surface area contributed by atoms with Gasteiger partial charge in [0, 0.05) is 11.8 Å². The Kier molecular flexibility index (Phi) is 3.10. The number of hydrogen-bond donors (Lipinski definition) is 0. The number of thiazole rings is 1. The Labute approximate surface area is 97.7 Å². The summed E-state index contributed by atoms with van der Waals surface area (Å²) >= 11 is 6.63. The van der Waals surface area contributed by atoms with E-state index in [1.54, 1.807) is 22.7 Å². The lowest BCUT2D eigenvalue weighted by molar-refractivity contribution is -0.107. The van der Waals surface area contributed by atoms with Crippen molar-refractivity contribution in [1.82, 2.24) is 4.98 Å². The van der Waals surface area contributed by atoms with Crippen molar-refractivity contribution in [3.63, 3.8) is 0 Å². The first-order chi connectivity index (χ1) is 6.79. The Morgan fingerprint density at radius 2 is 2.36 bits per heavy atom. The fraction of sp³-hybridized carbons (Fsp3) is 0.111. The van der Waals surface area contributed by atoms with Crippen LogP contribution >= 0.6 is 38.6 Å². The number of rotatable bonds is 3. The molecule has 0 spiro atoms. The quantitative estimate of drug-likeness (QED) is 0.810. The first-order valence-electron chi connectivity index (χ1n) is 3.93. The SMILES string of the molecule is O=CCc1csc(-c2ccc(Br)s2)n1. The summed E-state index contributed by atoms with van der Waals surface area (Å²) in [6.07, 6.45) is 1.28. The monoisotopic (exact) mass is 287 g/mol. The fourth-order valence-corrected chi connectivity index (χ4v) is 3.32. The Morgan fingerprint density at radius 3 is 3.00 bits per heavy atom. The van der Waals surface area contributed by atoms with Crippen molar-refractivity contribution in [1.29, 1.82) is 0 Å². The molecule has 0 N–H and O–H groups in total. The van der Waals surface area contributed by atoms with Crippen LogP contribution in [-0.2, 0) is 11.2 Å². The lowest BCUT2D eigenvalue weighted by Gasteiger charge is -1.86. The summed E-state index contributed by atoms with van der Waals surface area (Å²) in [4.78, 5) is 15.8. The van der Waals surface area contributed by atoms with Gasteiger partial charge >= 0.3 is 0 Å². The van der Waals surface area contributed by atoms with Crippen molar-refractivity contribution in [2.45, 2.75) is 6.42 Å². The molecule has 2 aromatic rings. The van der Waals surface area contributed by atoms with Crippen LogP contribution in [0.3, 0.4) is 0 Å². The molecule has 5 heteroatoms. The van der Waals surface area contributed by atoms with Crippen LogP contribution in [-0.4, -0.2) is 11.3 Å². The molecule has 0 saturated carbocycles. The van der Waals surface area contributed by atoms with Crippen LogP contribution in [0, 0.1) is 0 Å². The van der Waals surface area contributed by atoms with E-state index < -0.39 is 0 Å². The van der Waals surface area contributed by atoms with Gasteiger partial charge in [-0.25, -0.2) is 4.98 Å². The third-order valence-electron chi connectivity index (χ3n) is 1.63. The topological polar surface area (TPSA) is 30.0 Å². The van der Waals surface area contributed by atoms with Crippen molar-refractivity contribution in [3.8, 4) is 9.88 Å². The fourth-order valence-electron chi connectivity index (χ4n) is 1.03. The summed E-state index contributed by atoms with van der Waals surface area (Å²) in [5, 5.41) is 2.91. The van der Waals surface area contributed by atoms with Crippen LogP contribution in [0.5, 0.6) is 0 Å². The molecule has 0 aromatic carbocycles. The zero-order valence-electron chi connectivity index (χ0n) is 7.07. The van der Waals surface area contributed by atoms with Crippen molar-refractivity contribution in [2.75, 3.05) is 0 Å². The Balaban J connectivity index is 2.28. The second kappa shape index (κ2) is 4.33. The van der Waals surface area contributed by atoms with Crippen LogP contribution in [0.1, 0.15) is 5.69 Å². The molecular formula is C9H6BrNOS2. The van der Waals surface area contributed by atoms with Crippen LogP contribution in [0.25, 0.3) is 9.88 Å². The van der Waals surface area contributed by atoms with Crippen LogP contribution in [0.15, 0.2) is 21.3 Å². The number of halogens is 1. The lowest BCUT2D eigenvalue weighted by atomic mass is 10.4. The molecule has 2 rings (SSSR count). The van der Waals surface area contributed by atoms with Gasteiger partial charge in [0.1, 0.15) is 11.3 Å². The van der Waals surface area contributed by atoms with Crippen molar-refractivity contribution < 1.29 is 4.79 Å². The maximum atomic E-state index is 10.3. The van der Waals surface area contributed by atoms with Crippen LogP contribution in [0.2, 0.25) is 0 Å². The average Bonchev–Trinajstić information content (AvgIpc) is 2.74. The summed E-state index contributed by atoms with van der Waals surface area (Å²) in [6.45, 7) is 0. The molecule has 0 radical (unpaired) electrons. The molecule has 72 valence electrons. The molecule has 2 nitrogen and oxygen atoms in total. The van der Waals surface area contributed by atoms with Gasteiger partial charge in [0.05, 0.1) is 14.4 Å². The number of carbonyl (C=O) groups is 1. The molecule has 0 atom stereocenters. The maximum Gasteiger partial charge on any atom is 0.133 e. The summed E-state index contributed by atoms with van der Waals surface area (Å²) in [6, 6.07) is 4.03. The van der Waals surface area contributed by atoms with Gasteiger partial charge in [0.25, 0.3) is 0 Å². The van der Waals surface area contributed by atoms with E-state index in [9.17, 15) is 4.79 Å². The summed E-state index contributed by atoms with van der Waals surface area (Å²) < 4.78 is 1.10. The van der Waals surface area contributed by atoms with Gasteiger partial charge in [0.15, 0.2) is 0 Å². The van der Waals surface area contributed by atoms with Crippen molar-refractivity contribution in [3.05, 3.63) is 27.0 Å². The van der Waals surface area contributed by atoms with Crippen molar-refractivity contribution in [2.24, 2.45) is 0 Å². The van der Waals surface area contributed by atoms with E-state index in [-0.39, 0.29) is 0 Å². The van der Waals surface area contributed by atoms with E-state index in [4.69, 9.17) is 0 Å². The van der Waals surface area contributed by atoms with E-state index in [0.717, 1.165) is 25.7 Å². The van der Waals surface area contributed by atoms with E-state index >= 15 is 0 Å². The van der Waals surface area contributed by atoms with Gasteiger partial charge in [0.2, 0.25) is 0 Å². The summed E-state index contributed by atoms with van der Waals surface area (Å²) in [7, 11) is 0. The minimum atomic E-state index is 0.406. The molecular weight excluding hydrogens is 282 g/mol. The predicted octanol–water partition coefficient (Wildman–Crippen LogP) is 3.38. The highest BCUT2D eigenvalue weighted by molar-refractivity contribution is 9.11. The molecule has 0 saturated heterocycles. The van der Waals surface area contributed by atoms with E-state index in [1.165, 1.54) is 0 Å². The Hall–Kier alpha value is -0.520. The number of aromatic nitrogens is 1. The zero-order valence-corrected chi connectivity index (χ0v) is 10.3. The summed E-state index contributed by atoms with van der Waals surface area (Å²) in [5.41, 5.74) is 0.851. The van der Waals surface area contributed by atoms with Gasteiger partial charge < -0.3 is 4.79 Å². The highest BCUT2D eigenvalue weighted by atomic mass is 79.9. The Morgan fingerprint density at radius 1 is 1.50 bits per heavy atom. The maximum absolute atomic E-state index is 10.3. The molecule has 2 aromatic heterocycles. The lowest BCUT2D eigenvalue weighted by Crippen LogP contribution is -1.84. The third-order valence-corrected chi connectivity index (χ3v) is 4.31. The number of aldehydes is 1. The van der Waals surface area contributed by atoms with E-state index in [2.05, 4.69) is 20.9 Å². The van der Waals surface area contributed by atoms with Crippen LogP contribution in [0.4, 0.5) is 0 Å². The van der Waals surface area contributed by atoms with Gasteiger partial charge in [-0.15, -0.1) is 22.7 Å². The molecule has 0 aliphatic carbocycles. The normalized spacial score (nSPS) is 10.4. The van der Waals surface area contributed by atoms with Gasteiger partial charge in [-0.05, 0) is 28.1 Å². The van der Waals surface area contributed by atoms with Gasteiger partial charge in [-0.2, -0.15) is 0 Å². The van der Waals surface area contributed by atoms with E-state index in [0.29, 0.717) is 6.42 Å². The second-order valence-corrected chi connectivity index (χ2v) is 5.94. The molecule has 0 fully saturated rings. The summed E-state index contributed by atoms with van der Waals surface area (Å²) in [5.74, 6) is 0. The predicted molar refractivity (Wildman–Crippen MR) is 62.9 cm³/mol. The van der Waals surface area contributed by atoms with E-state index in [1.807, 2.05) is 17.5 Å². The smallest absolute Gasteiger partial charge is 0.133 e. The van der Waals surface area contributed by atoms with Crippen molar-refractivity contribution >= 4 is 44.9 Å². The number of hydrogen-bond acceptors (Lipinski definition) is 4. The third kappa shape index (κ3) is 2.10. The molecule has 2 heterocycles. The first kappa shape index (κ1) is 10.0. The highest BCUT2D eigenvalue weighted by Crippen LogP contribution is 2.33. The largest absolute Gasteiger partial charge is 0.303 e. The second-order valence-electron chi connectivity index (χ2n) is 2.62. The zero-order chi connectivity index (χ0) is 9.97. The minimum Gasteiger partial charge on any atom is -0.303 e. The minimum absolute atomic E-state index is 0.406. The standard InChI is InChI=1S/C9H6BrNOS2/c10-8-2-1-7(14-8)9-11-6(3-4-12)5-13-9/h1-2,4-5H,3H2. The average molecular weight is 288 g/mol. The van der Waals surface area contributed by atoms with Crippen LogP contribution < -0.4 is 0 Å². The molecule has 0 unspecified atom stereocenters. The first-order valence-corrected chi connectivity index (χ1v) is 6.42.